The van der Waals surface area contributed by atoms with Crippen molar-refractivity contribution >= 4 is 21.6 Å². The summed E-state index contributed by atoms with van der Waals surface area (Å²) >= 11 is 0. The van der Waals surface area contributed by atoms with E-state index in [0.29, 0.717) is 17.8 Å². The first-order valence-corrected chi connectivity index (χ1v) is 12.3. The average Bonchev–Trinajstić information content (AvgIpc) is 2.76. The zero-order valence-electron chi connectivity index (χ0n) is 18.8. The number of benzene rings is 3. The van der Waals surface area contributed by atoms with Gasteiger partial charge in [0, 0.05) is 17.7 Å². The van der Waals surface area contributed by atoms with Gasteiger partial charge in [-0.1, -0.05) is 30.3 Å². The zero-order valence-corrected chi connectivity index (χ0v) is 19.6. The number of rotatable bonds is 9. The summed E-state index contributed by atoms with van der Waals surface area (Å²) in [7, 11) is -3.67. The Morgan fingerprint density at radius 3 is 2.36 bits per heavy atom. The van der Waals surface area contributed by atoms with E-state index in [0.717, 1.165) is 21.9 Å². The van der Waals surface area contributed by atoms with Gasteiger partial charge in [0.15, 0.2) is 0 Å². The molecule has 0 radical (unpaired) electrons. The van der Waals surface area contributed by atoms with E-state index in [1.807, 2.05) is 38.1 Å². The van der Waals surface area contributed by atoms with E-state index in [2.05, 4.69) is 5.32 Å². The first-order chi connectivity index (χ1) is 15.6. The smallest absolute Gasteiger partial charge is 0.251 e. The van der Waals surface area contributed by atoms with Crippen LogP contribution in [0.25, 0.3) is 0 Å². The molecule has 3 aromatic rings. The van der Waals surface area contributed by atoms with E-state index in [4.69, 9.17) is 4.74 Å². The molecule has 6 nitrogen and oxygen atoms in total. The minimum atomic E-state index is -3.67. The van der Waals surface area contributed by atoms with Crippen LogP contribution in [0.1, 0.15) is 35.3 Å². The summed E-state index contributed by atoms with van der Waals surface area (Å²) < 4.78 is 45.5. The highest BCUT2D eigenvalue weighted by atomic mass is 32.2. The van der Waals surface area contributed by atoms with Crippen molar-refractivity contribution in [3.63, 3.8) is 0 Å². The lowest BCUT2D eigenvalue weighted by molar-refractivity contribution is 0.0951. The van der Waals surface area contributed by atoms with Crippen molar-refractivity contribution in [3.8, 4) is 5.75 Å². The van der Waals surface area contributed by atoms with Crippen LogP contribution in [-0.4, -0.2) is 26.7 Å². The van der Waals surface area contributed by atoms with Crippen molar-refractivity contribution in [2.45, 2.75) is 33.0 Å². The molecule has 174 valence electrons. The van der Waals surface area contributed by atoms with E-state index >= 15 is 0 Å². The summed E-state index contributed by atoms with van der Waals surface area (Å²) in [6, 6.07) is 19.7. The number of ether oxygens (including phenoxy) is 1. The number of amides is 1. The minimum absolute atomic E-state index is 0.0539. The van der Waals surface area contributed by atoms with Crippen LogP contribution in [0, 0.1) is 5.82 Å². The predicted octanol–water partition coefficient (Wildman–Crippen LogP) is 4.51. The van der Waals surface area contributed by atoms with Crippen LogP contribution in [-0.2, 0) is 23.1 Å². The minimum Gasteiger partial charge on any atom is -0.491 e. The second-order valence-corrected chi connectivity index (χ2v) is 9.81. The molecule has 8 heteroatoms. The topological polar surface area (TPSA) is 75.7 Å². The Morgan fingerprint density at radius 2 is 1.73 bits per heavy atom. The molecule has 0 fully saturated rings. The lowest BCUT2D eigenvalue weighted by Gasteiger charge is -2.23. The van der Waals surface area contributed by atoms with Gasteiger partial charge in [-0.25, -0.2) is 12.8 Å². The zero-order chi connectivity index (χ0) is 24.0. The predicted molar refractivity (Wildman–Crippen MR) is 127 cm³/mol. The number of carbonyl (C=O) groups excluding carboxylic acids is 1. The standard InChI is InChI=1S/C25H27FN2O4S/c1-18(2)32-23-9-6-7-19(15-23)16-27-25(29)20-11-13-22(14-12-20)28(33(3,30)31)17-21-8-4-5-10-24(21)26/h4-15,18H,16-17H2,1-3H3,(H,27,29). The molecule has 0 aliphatic rings. The van der Waals surface area contributed by atoms with Crippen LogP contribution in [0.5, 0.6) is 5.75 Å². The Morgan fingerprint density at radius 1 is 1.03 bits per heavy atom. The molecular weight excluding hydrogens is 443 g/mol. The summed E-state index contributed by atoms with van der Waals surface area (Å²) in [5, 5.41) is 2.85. The van der Waals surface area contributed by atoms with Crippen molar-refractivity contribution in [1.82, 2.24) is 5.32 Å². The molecule has 0 bridgehead atoms. The van der Waals surface area contributed by atoms with Crippen LogP contribution in [0.15, 0.2) is 72.8 Å². The summed E-state index contributed by atoms with van der Waals surface area (Å²) in [4.78, 5) is 12.6. The van der Waals surface area contributed by atoms with Gasteiger partial charge in [0.1, 0.15) is 11.6 Å². The number of nitrogens with one attached hydrogen (secondary N) is 1. The first kappa shape index (κ1) is 24.3. The normalized spacial score (nSPS) is 11.3. The summed E-state index contributed by atoms with van der Waals surface area (Å²) in [5.74, 6) is -0.0430. The second kappa shape index (κ2) is 10.5. The van der Waals surface area contributed by atoms with Gasteiger partial charge in [0.05, 0.1) is 24.6 Å². The maximum absolute atomic E-state index is 14.1. The maximum Gasteiger partial charge on any atom is 0.251 e. The third-order valence-corrected chi connectivity index (χ3v) is 5.95. The molecule has 0 aromatic heterocycles. The highest BCUT2D eigenvalue weighted by Gasteiger charge is 2.20. The number of hydrogen-bond acceptors (Lipinski definition) is 4. The average molecular weight is 471 g/mol. The fourth-order valence-corrected chi connectivity index (χ4v) is 4.12. The van der Waals surface area contributed by atoms with E-state index in [-0.39, 0.29) is 24.1 Å². The second-order valence-electron chi connectivity index (χ2n) is 7.90. The molecule has 0 saturated heterocycles. The van der Waals surface area contributed by atoms with Crippen LogP contribution in [0.2, 0.25) is 0 Å². The lowest BCUT2D eigenvalue weighted by atomic mass is 10.1. The molecule has 3 aromatic carbocycles. The Bertz CT molecular complexity index is 1210. The third-order valence-electron chi connectivity index (χ3n) is 4.81. The molecule has 0 saturated carbocycles. The van der Waals surface area contributed by atoms with Crippen LogP contribution in [0.4, 0.5) is 10.1 Å². The van der Waals surface area contributed by atoms with Crippen molar-refractivity contribution in [2.75, 3.05) is 10.6 Å². The van der Waals surface area contributed by atoms with Gasteiger partial charge in [-0.15, -0.1) is 0 Å². The number of carbonyl (C=O) groups is 1. The fourth-order valence-electron chi connectivity index (χ4n) is 3.25. The van der Waals surface area contributed by atoms with Crippen molar-refractivity contribution in [3.05, 3.63) is 95.3 Å². The Balaban J connectivity index is 1.70. The van der Waals surface area contributed by atoms with Crippen molar-refractivity contribution < 1.29 is 22.3 Å². The van der Waals surface area contributed by atoms with Gasteiger partial charge in [0.2, 0.25) is 10.0 Å². The quantitative estimate of drug-likeness (QED) is 0.499. The Labute approximate surface area is 194 Å². The van der Waals surface area contributed by atoms with E-state index in [1.54, 1.807) is 24.3 Å². The molecule has 0 heterocycles. The summed E-state index contributed by atoms with van der Waals surface area (Å²) in [6.07, 6.45) is 1.12. The van der Waals surface area contributed by atoms with Crippen LogP contribution < -0.4 is 14.4 Å². The molecule has 1 amide bonds. The number of sulfonamides is 1. The SMILES string of the molecule is CC(C)Oc1cccc(CNC(=O)c2ccc(N(Cc3ccccc3F)S(C)(=O)=O)cc2)c1. The number of hydrogen-bond donors (Lipinski definition) is 1. The molecule has 0 unspecified atom stereocenters. The third kappa shape index (κ3) is 6.79. The van der Waals surface area contributed by atoms with Gasteiger partial charge in [-0.05, 0) is 61.9 Å². The molecule has 3 rings (SSSR count). The van der Waals surface area contributed by atoms with Gasteiger partial charge >= 0.3 is 0 Å². The molecule has 0 atom stereocenters. The van der Waals surface area contributed by atoms with Gasteiger partial charge in [0.25, 0.3) is 5.91 Å². The van der Waals surface area contributed by atoms with Gasteiger partial charge in [-0.3, -0.25) is 9.10 Å². The van der Waals surface area contributed by atoms with Crippen molar-refractivity contribution in [1.29, 1.82) is 0 Å². The molecule has 0 aliphatic heterocycles. The highest BCUT2D eigenvalue weighted by Crippen LogP contribution is 2.22. The van der Waals surface area contributed by atoms with E-state index < -0.39 is 15.8 Å². The monoisotopic (exact) mass is 470 g/mol. The first-order valence-electron chi connectivity index (χ1n) is 10.5. The maximum atomic E-state index is 14.1. The highest BCUT2D eigenvalue weighted by molar-refractivity contribution is 7.92. The lowest BCUT2D eigenvalue weighted by Crippen LogP contribution is -2.30. The van der Waals surface area contributed by atoms with Crippen molar-refractivity contribution in [2.24, 2.45) is 0 Å². The van der Waals surface area contributed by atoms with Gasteiger partial charge < -0.3 is 10.1 Å². The van der Waals surface area contributed by atoms with Gasteiger partial charge in [-0.2, -0.15) is 0 Å². The van der Waals surface area contributed by atoms with Crippen LogP contribution in [0.3, 0.4) is 0 Å². The Hall–Kier alpha value is -3.39. The van der Waals surface area contributed by atoms with E-state index in [1.165, 1.54) is 24.3 Å². The molecule has 33 heavy (non-hydrogen) atoms. The Kier molecular flexibility index (Phi) is 7.71. The van der Waals surface area contributed by atoms with E-state index in [9.17, 15) is 17.6 Å². The molecular formula is C25H27FN2O4S. The summed E-state index contributed by atoms with van der Waals surface area (Å²) in [5.41, 5.74) is 1.88. The number of halogens is 1. The molecule has 1 N–H and O–H groups in total. The molecule has 0 aliphatic carbocycles. The number of nitrogens with zero attached hydrogens (tertiary/aromatic N) is 1. The van der Waals surface area contributed by atoms with Crippen LogP contribution >= 0.6 is 0 Å². The number of anilines is 1. The molecule has 0 spiro atoms. The largest absolute Gasteiger partial charge is 0.491 e. The fraction of sp³-hybridized carbons (Fsp3) is 0.240. The summed E-state index contributed by atoms with van der Waals surface area (Å²) in [6.45, 7) is 4.06.